The standard InChI is InChI=1S/C16H13NO2/c1-10-4-2-3-5-12(10)14-9-17-15-7-6-11(16(18)19)8-13(14)15/h2-9,17H,1H3,(H,18,19). The van der Waals surface area contributed by atoms with Crippen LogP contribution in [0.5, 0.6) is 0 Å². The van der Waals surface area contributed by atoms with Crippen LogP contribution in [0.25, 0.3) is 22.0 Å². The Labute approximate surface area is 110 Å². The molecule has 3 rings (SSSR count). The van der Waals surface area contributed by atoms with E-state index in [2.05, 4.69) is 18.0 Å². The molecular weight excluding hydrogens is 238 g/mol. The number of aromatic carboxylic acids is 1. The third-order valence-corrected chi connectivity index (χ3v) is 3.36. The average Bonchev–Trinajstić information content (AvgIpc) is 2.82. The van der Waals surface area contributed by atoms with Crippen molar-refractivity contribution in [3.05, 3.63) is 59.8 Å². The number of aromatic amines is 1. The highest BCUT2D eigenvalue weighted by Gasteiger charge is 2.10. The zero-order chi connectivity index (χ0) is 13.4. The molecule has 0 saturated heterocycles. The van der Waals surface area contributed by atoms with Crippen LogP contribution in [-0.4, -0.2) is 16.1 Å². The first-order valence-electron chi connectivity index (χ1n) is 6.07. The first-order chi connectivity index (χ1) is 9.16. The van der Waals surface area contributed by atoms with Crippen molar-refractivity contribution in [2.75, 3.05) is 0 Å². The number of nitrogens with one attached hydrogen (secondary N) is 1. The topological polar surface area (TPSA) is 53.1 Å². The molecule has 1 aromatic heterocycles. The van der Waals surface area contributed by atoms with Gasteiger partial charge in [0.25, 0.3) is 0 Å². The van der Waals surface area contributed by atoms with Gasteiger partial charge in [-0.3, -0.25) is 0 Å². The summed E-state index contributed by atoms with van der Waals surface area (Å²) in [7, 11) is 0. The molecule has 3 nitrogen and oxygen atoms in total. The van der Waals surface area contributed by atoms with Crippen LogP contribution in [0.15, 0.2) is 48.7 Å². The molecule has 0 bridgehead atoms. The maximum atomic E-state index is 11.1. The summed E-state index contributed by atoms with van der Waals surface area (Å²) in [5.41, 5.74) is 4.59. The smallest absolute Gasteiger partial charge is 0.335 e. The van der Waals surface area contributed by atoms with E-state index in [9.17, 15) is 4.79 Å². The second-order valence-corrected chi connectivity index (χ2v) is 4.58. The maximum absolute atomic E-state index is 11.1. The molecule has 2 N–H and O–H groups in total. The van der Waals surface area contributed by atoms with Crippen LogP contribution in [-0.2, 0) is 0 Å². The van der Waals surface area contributed by atoms with Crippen molar-refractivity contribution in [1.29, 1.82) is 0 Å². The minimum Gasteiger partial charge on any atom is -0.478 e. The number of carboxylic acids is 1. The Morgan fingerprint density at radius 1 is 1.11 bits per heavy atom. The molecule has 0 saturated carbocycles. The van der Waals surface area contributed by atoms with Crippen molar-refractivity contribution in [3.63, 3.8) is 0 Å². The molecular formula is C16H13NO2. The molecule has 19 heavy (non-hydrogen) atoms. The van der Waals surface area contributed by atoms with Gasteiger partial charge in [0.2, 0.25) is 0 Å². The van der Waals surface area contributed by atoms with Gasteiger partial charge >= 0.3 is 5.97 Å². The number of aryl methyl sites for hydroxylation is 1. The molecule has 1 heterocycles. The highest BCUT2D eigenvalue weighted by molar-refractivity contribution is 6.00. The number of H-pyrrole nitrogens is 1. The number of carboxylic acid groups (broad SMARTS) is 1. The molecule has 94 valence electrons. The third kappa shape index (κ3) is 1.89. The van der Waals surface area contributed by atoms with Crippen LogP contribution in [0, 0.1) is 6.92 Å². The molecule has 3 aromatic rings. The fourth-order valence-corrected chi connectivity index (χ4v) is 2.35. The zero-order valence-electron chi connectivity index (χ0n) is 10.5. The van der Waals surface area contributed by atoms with E-state index in [4.69, 9.17) is 5.11 Å². The Kier molecular flexibility index (Phi) is 2.60. The summed E-state index contributed by atoms with van der Waals surface area (Å²) >= 11 is 0. The number of benzene rings is 2. The second kappa shape index (κ2) is 4.28. The van der Waals surface area contributed by atoms with E-state index in [-0.39, 0.29) is 0 Å². The zero-order valence-corrected chi connectivity index (χ0v) is 10.5. The molecule has 0 radical (unpaired) electrons. The number of carbonyl (C=O) groups is 1. The number of rotatable bonds is 2. The van der Waals surface area contributed by atoms with E-state index in [1.54, 1.807) is 18.2 Å². The van der Waals surface area contributed by atoms with Gasteiger partial charge in [0.1, 0.15) is 0 Å². The molecule has 0 aliphatic rings. The lowest BCUT2D eigenvalue weighted by atomic mass is 9.99. The molecule has 0 aliphatic heterocycles. The van der Waals surface area contributed by atoms with Gasteiger partial charge in [-0.25, -0.2) is 4.79 Å². The fraction of sp³-hybridized carbons (Fsp3) is 0.0625. The quantitative estimate of drug-likeness (QED) is 0.727. The fourth-order valence-electron chi connectivity index (χ4n) is 2.35. The Hall–Kier alpha value is -2.55. The molecule has 0 atom stereocenters. The largest absolute Gasteiger partial charge is 0.478 e. The van der Waals surface area contributed by atoms with Crippen molar-refractivity contribution in [1.82, 2.24) is 4.98 Å². The summed E-state index contributed by atoms with van der Waals surface area (Å²) in [6.45, 7) is 2.05. The summed E-state index contributed by atoms with van der Waals surface area (Å²) in [4.78, 5) is 14.3. The van der Waals surface area contributed by atoms with Gasteiger partial charge in [-0.1, -0.05) is 24.3 Å². The summed E-state index contributed by atoms with van der Waals surface area (Å²) in [6.07, 6.45) is 1.93. The third-order valence-electron chi connectivity index (χ3n) is 3.36. The van der Waals surface area contributed by atoms with Crippen molar-refractivity contribution in [2.45, 2.75) is 6.92 Å². The second-order valence-electron chi connectivity index (χ2n) is 4.58. The van der Waals surface area contributed by atoms with Gasteiger partial charge in [0.15, 0.2) is 0 Å². The molecule has 0 amide bonds. The highest BCUT2D eigenvalue weighted by Crippen LogP contribution is 2.31. The van der Waals surface area contributed by atoms with Crippen LogP contribution in [0.3, 0.4) is 0 Å². The van der Waals surface area contributed by atoms with Gasteiger partial charge in [0.05, 0.1) is 5.56 Å². The average molecular weight is 251 g/mol. The van der Waals surface area contributed by atoms with Gasteiger partial charge in [-0.05, 0) is 36.2 Å². The maximum Gasteiger partial charge on any atom is 0.335 e. The Bertz CT molecular complexity index is 771. The molecule has 3 heteroatoms. The molecule has 0 aliphatic carbocycles. The number of hydrogen-bond acceptors (Lipinski definition) is 1. The van der Waals surface area contributed by atoms with Gasteiger partial charge in [0, 0.05) is 22.7 Å². The lowest BCUT2D eigenvalue weighted by molar-refractivity contribution is 0.0697. The minimum atomic E-state index is -0.904. The van der Waals surface area contributed by atoms with Crippen molar-refractivity contribution in [2.24, 2.45) is 0 Å². The van der Waals surface area contributed by atoms with Crippen LogP contribution in [0.4, 0.5) is 0 Å². The van der Waals surface area contributed by atoms with Crippen LogP contribution < -0.4 is 0 Å². The van der Waals surface area contributed by atoms with Gasteiger partial charge in [-0.2, -0.15) is 0 Å². The van der Waals surface area contributed by atoms with Gasteiger partial charge < -0.3 is 10.1 Å². The predicted octanol–water partition coefficient (Wildman–Crippen LogP) is 3.84. The van der Waals surface area contributed by atoms with Gasteiger partial charge in [-0.15, -0.1) is 0 Å². The highest BCUT2D eigenvalue weighted by atomic mass is 16.4. The van der Waals surface area contributed by atoms with Crippen molar-refractivity contribution in [3.8, 4) is 11.1 Å². The predicted molar refractivity (Wildman–Crippen MR) is 75.4 cm³/mol. The van der Waals surface area contributed by atoms with E-state index >= 15 is 0 Å². The summed E-state index contributed by atoms with van der Waals surface area (Å²) < 4.78 is 0. The van der Waals surface area contributed by atoms with E-state index in [0.717, 1.165) is 22.0 Å². The number of fused-ring (bicyclic) bond motifs is 1. The molecule has 0 fully saturated rings. The summed E-state index contributed by atoms with van der Waals surface area (Å²) in [6, 6.07) is 13.2. The Morgan fingerprint density at radius 2 is 1.89 bits per heavy atom. The molecule has 0 unspecified atom stereocenters. The SMILES string of the molecule is Cc1ccccc1-c1c[nH]c2ccc(C(=O)O)cc12. The first kappa shape index (κ1) is 11.5. The molecule has 0 spiro atoms. The van der Waals surface area contributed by atoms with Crippen LogP contribution >= 0.6 is 0 Å². The first-order valence-corrected chi connectivity index (χ1v) is 6.07. The van der Waals surface area contributed by atoms with E-state index in [0.29, 0.717) is 5.56 Å². The Balaban J connectivity index is 2.27. The lowest BCUT2D eigenvalue weighted by Gasteiger charge is -2.04. The number of hydrogen-bond donors (Lipinski definition) is 2. The lowest BCUT2D eigenvalue weighted by Crippen LogP contribution is -1.95. The van der Waals surface area contributed by atoms with Crippen LogP contribution in [0.2, 0.25) is 0 Å². The monoisotopic (exact) mass is 251 g/mol. The minimum absolute atomic E-state index is 0.307. The molecule has 2 aromatic carbocycles. The van der Waals surface area contributed by atoms with E-state index < -0.39 is 5.97 Å². The number of aromatic nitrogens is 1. The normalized spacial score (nSPS) is 10.8. The summed E-state index contributed by atoms with van der Waals surface area (Å²) in [5, 5.41) is 10.0. The Morgan fingerprint density at radius 3 is 2.63 bits per heavy atom. The van der Waals surface area contributed by atoms with E-state index in [1.807, 2.05) is 24.4 Å². The van der Waals surface area contributed by atoms with Crippen molar-refractivity contribution >= 4 is 16.9 Å². The summed E-state index contributed by atoms with van der Waals surface area (Å²) in [5.74, 6) is -0.904. The van der Waals surface area contributed by atoms with Crippen LogP contribution in [0.1, 0.15) is 15.9 Å². The van der Waals surface area contributed by atoms with E-state index in [1.165, 1.54) is 5.56 Å². The van der Waals surface area contributed by atoms with Crippen molar-refractivity contribution < 1.29 is 9.90 Å².